The third-order valence-electron chi connectivity index (χ3n) is 4.62. The van der Waals surface area contributed by atoms with Gasteiger partial charge in [0.1, 0.15) is 0 Å². The molecule has 1 aliphatic rings. The molecule has 0 amide bonds. The number of benzene rings is 1. The molecule has 0 aliphatic heterocycles. The quantitative estimate of drug-likeness (QED) is 0.627. The van der Waals surface area contributed by atoms with Gasteiger partial charge in [-0.1, -0.05) is 39.7 Å². The summed E-state index contributed by atoms with van der Waals surface area (Å²) in [6.45, 7) is 6.13. The predicted molar refractivity (Wildman–Crippen MR) is 87.6 cm³/mol. The molecule has 128 valence electrons. The van der Waals surface area contributed by atoms with Crippen LogP contribution in [0.3, 0.4) is 0 Å². The van der Waals surface area contributed by atoms with Gasteiger partial charge in [0.15, 0.2) is 9.58 Å². The van der Waals surface area contributed by atoms with E-state index in [1.165, 1.54) is 0 Å². The van der Waals surface area contributed by atoms with Gasteiger partial charge in [-0.2, -0.15) is 0 Å². The standard InChI is InChI=1S/C18H22F3S.BrH/c1-17(2,3)14-9-8-13-10-15(12-6-4-5-7-12)22(16(13)11-14)18(19,20)21;/h8-12H,4-7H2,1-3H3;1H/q+1;/p-1. The molecule has 1 saturated carbocycles. The molecule has 0 spiro atoms. The van der Waals surface area contributed by atoms with Crippen LogP contribution in [0.1, 0.15) is 62.8 Å². The van der Waals surface area contributed by atoms with Crippen molar-refractivity contribution in [3.8, 4) is 0 Å². The lowest BCUT2D eigenvalue weighted by Crippen LogP contribution is -3.00. The van der Waals surface area contributed by atoms with Crippen LogP contribution in [-0.4, -0.2) is 0 Å². The Bertz CT molecular complexity index is 689. The van der Waals surface area contributed by atoms with Gasteiger partial charge in [0.2, 0.25) is 0 Å². The zero-order valence-electron chi connectivity index (χ0n) is 13.6. The van der Waals surface area contributed by atoms with Crippen molar-refractivity contribution in [1.82, 2.24) is 0 Å². The van der Waals surface area contributed by atoms with E-state index in [1.807, 2.05) is 39.0 Å². The van der Waals surface area contributed by atoms with Crippen molar-refractivity contribution in [3.05, 3.63) is 34.7 Å². The third kappa shape index (κ3) is 3.60. The molecular weight excluding hydrogens is 385 g/mol. The van der Waals surface area contributed by atoms with Gasteiger partial charge < -0.3 is 17.0 Å². The Morgan fingerprint density at radius 2 is 1.61 bits per heavy atom. The van der Waals surface area contributed by atoms with Gasteiger partial charge in [-0.25, -0.2) is 0 Å². The van der Waals surface area contributed by atoms with Crippen LogP contribution in [0.5, 0.6) is 0 Å². The lowest BCUT2D eigenvalue weighted by molar-refractivity contribution is -0.0868. The minimum absolute atomic E-state index is 0. The second-order valence-corrected chi connectivity index (χ2v) is 9.27. The number of hydrogen-bond donors (Lipinski definition) is 0. The number of thiophene rings is 1. The Hall–Kier alpha value is -0.550. The fourth-order valence-electron chi connectivity index (χ4n) is 3.39. The molecule has 1 aliphatic carbocycles. The maximum absolute atomic E-state index is 13.7. The van der Waals surface area contributed by atoms with Gasteiger partial charge in [0.25, 0.3) is 0 Å². The Labute approximate surface area is 148 Å². The normalized spacial score (nSPS) is 17.6. The highest BCUT2D eigenvalue weighted by Crippen LogP contribution is 2.55. The molecule has 0 N–H and O–H groups in total. The minimum Gasteiger partial charge on any atom is -1.00 e. The van der Waals surface area contributed by atoms with E-state index in [1.54, 1.807) is 6.07 Å². The smallest absolute Gasteiger partial charge is 0.600 e. The Kier molecular flexibility index (Phi) is 5.22. The van der Waals surface area contributed by atoms with Crippen LogP contribution in [0.2, 0.25) is 0 Å². The van der Waals surface area contributed by atoms with E-state index in [4.69, 9.17) is 0 Å². The summed E-state index contributed by atoms with van der Waals surface area (Å²) in [5.74, 6) is 0.121. The molecule has 2 aromatic rings. The van der Waals surface area contributed by atoms with E-state index in [2.05, 4.69) is 0 Å². The summed E-state index contributed by atoms with van der Waals surface area (Å²) in [5.41, 5.74) is -3.32. The summed E-state index contributed by atoms with van der Waals surface area (Å²) in [6.07, 6.45) is 3.93. The van der Waals surface area contributed by atoms with E-state index in [-0.39, 0.29) is 28.3 Å². The van der Waals surface area contributed by atoms with Crippen molar-refractivity contribution in [3.63, 3.8) is 0 Å². The highest BCUT2D eigenvalue weighted by molar-refractivity contribution is 7.38. The van der Waals surface area contributed by atoms with Crippen molar-refractivity contribution < 1.29 is 30.2 Å². The van der Waals surface area contributed by atoms with E-state index in [0.717, 1.165) is 36.6 Å². The first-order valence-electron chi connectivity index (χ1n) is 7.85. The van der Waals surface area contributed by atoms with E-state index < -0.39 is 16.0 Å². The molecule has 23 heavy (non-hydrogen) atoms. The summed E-state index contributed by atoms with van der Waals surface area (Å²) in [6, 6.07) is 7.48. The second-order valence-electron chi connectivity index (χ2n) is 7.28. The van der Waals surface area contributed by atoms with Crippen molar-refractivity contribution in [2.24, 2.45) is 0 Å². The van der Waals surface area contributed by atoms with Crippen molar-refractivity contribution >= 4 is 20.6 Å². The van der Waals surface area contributed by atoms with Crippen LogP contribution in [0.4, 0.5) is 13.2 Å². The molecule has 0 bridgehead atoms. The van der Waals surface area contributed by atoms with Gasteiger partial charge in [-0.05, 0) is 29.9 Å². The van der Waals surface area contributed by atoms with Crippen LogP contribution in [-0.2, 0) is 10.9 Å². The zero-order valence-corrected chi connectivity index (χ0v) is 16.0. The van der Waals surface area contributed by atoms with Gasteiger partial charge in [0.05, 0.1) is 10.5 Å². The topological polar surface area (TPSA) is 0 Å². The Morgan fingerprint density at radius 1 is 1.00 bits per heavy atom. The van der Waals surface area contributed by atoms with E-state index in [9.17, 15) is 13.2 Å². The summed E-state index contributed by atoms with van der Waals surface area (Å²) in [5, 5.41) is 0.774. The molecule has 5 heteroatoms. The molecule has 1 heterocycles. The highest BCUT2D eigenvalue weighted by atomic mass is 79.9. The van der Waals surface area contributed by atoms with Crippen molar-refractivity contribution in [1.29, 1.82) is 0 Å². The molecular formula is C18H22BrF3S. The molecule has 1 aromatic heterocycles. The monoisotopic (exact) mass is 406 g/mol. The molecule has 1 aromatic carbocycles. The van der Waals surface area contributed by atoms with Crippen LogP contribution >= 0.6 is 10.5 Å². The average Bonchev–Trinajstić information content (AvgIpc) is 3.02. The fourth-order valence-corrected chi connectivity index (χ4v) is 5.58. The van der Waals surface area contributed by atoms with Gasteiger partial charge >= 0.3 is 5.51 Å². The molecule has 0 nitrogen and oxygen atoms in total. The van der Waals surface area contributed by atoms with Crippen LogP contribution in [0.15, 0.2) is 24.3 Å². The minimum atomic E-state index is -4.17. The fraction of sp³-hybridized carbons (Fsp3) is 0.556. The number of rotatable bonds is 1. The highest BCUT2D eigenvalue weighted by Gasteiger charge is 2.49. The Morgan fingerprint density at radius 3 is 2.13 bits per heavy atom. The lowest BCUT2D eigenvalue weighted by Gasteiger charge is -2.18. The molecule has 0 radical (unpaired) electrons. The summed E-state index contributed by atoms with van der Waals surface area (Å²) < 4.78 is 41.7. The first-order valence-corrected chi connectivity index (χ1v) is 9.07. The summed E-state index contributed by atoms with van der Waals surface area (Å²) in [7, 11) is -1.73. The summed E-state index contributed by atoms with van der Waals surface area (Å²) in [4.78, 5) is 0.631. The number of halogens is 4. The predicted octanol–water partition coefficient (Wildman–Crippen LogP) is 4.02. The Balaban J connectivity index is 0.00000192. The van der Waals surface area contributed by atoms with Gasteiger partial charge in [-0.15, -0.1) is 13.2 Å². The van der Waals surface area contributed by atoms with E-state index >= 15 is 0 Å². The number of hydrogen-bond acceptors (Lipinski definition) is 0. The molecule has 1 atom stereocenters. The maximum Gasteiger partial charge on any atom is 0.600 e. The van der Waals surface area contributed by atoms with Gasteiger partial charge in [0, 0.05) is 23.4 Å². The number of fused-ring (bicyclic) bond motifs is 1. The maximum atomic E-state index is 13.7. The third-order valence-corrected chi connectivity index (χ3v) is 6.80. The van der Waals surface area contributed by atoms with E-state index in [0.29, 0.717) is 9.58 Å². The molecule has 1 fully saturated rings. The SMILES string of the molecule is CC(C)(C)c1ccc2cc(C3CCCC3)[s+](C(F)(F)F)c2c1.[Br-]. The first-order chi connectivity index (χ1) is 10.2. The van der Waals surface area contributed by atoms with Gasteiger partial charge in [-0.3, -0.25) is 0 Å². The lowest BCUT2D eigenvalue weighted by atomic mass is 9.87. The first kappa shape index (κ1) is 18.8. The second kappa shape index (κ2) is 6.40. The van der Waals surface area contributed by atoms with Crippen LogP contribution in [0, 0.1) is 0 Å². The average molecular weight is 407 g/mol. The van der Waals surface area contributed by atoms with Crippen LogP contribution < -0.4 is 17.0 Å². The number of alkyl halides is 3. The largest absolute Gasteiger partial charge is 1.00 e. The van der Waals surface area contributed by atoms with Crippen molar-refractivity contribution in [2.75, 3.05) is 0 Å². The zero-order chi connectivity index (χ0) is 16.1. The molecule has 3 rings (SSSR count). The molecule has 0 saturated heterocycles. The van der Waals surface area contributed by atoms with Crippen LogP contribution in [0.25, 0.3) is 10.1 Å². The van der Waals surface area contributed by atoms with Crippen molar-refractivity contribution in [2.45, 2.75) is 63.3 Å². The molecule has 1 unspecified atom stereocenters. The summed E-state index contributed by atoms with van der Waals surface area (Å²) >= 11 is 0.